The quantitative estimate of drug-likeness (QED) is 0.848. The maximum atomic E-state index is 12.3. The largest absolute Gasteiger partial charge is 0.378 e. The summed E-state index contributed by atoms with van der Waals surface area (Å²) in [5, 5.41) is 2.11. The molecule has 1 amide bonds. The first-order chi connectivity index (χ1) is 10.3. The molecule has 0 saturated carbocycles. The summed E-state index contributed by atoms with van der Waals surface area (Å²) in [5.41, 5.74) is 1.39. The molecular formula is C17H23NO2S. The van der Waals surface area contributed by atoms with Crippen molar-refractivity contribution in [2.45, 2.75) is 44.6 Å². The van der Waals surface area contributed by atoms with Crippen LogP contribution in [0, 0.1) is 0 Å². The van der Waals surface area contributed by atoms with Gasteiger partial charge in [0.25, 0.3) is 0 Å². The molecule has 0 aromatic carbocycles. The molecule has 1 unspecified atom stereocenters. The van der Waals surface area contributed by atoms with E-state index in [9.17, 15) is 4.79 Å². The number of ether oxygens (including phenoxy) is 1. The molecule has 0 spiro atoms. The molecule has 21 heavy (non-hydrogen) atoms. The van der Waals surface area contributed by atoms with Crippen molar-refractivity contribution in [3.63, 3.8) is 0 Å². The summed E-state index contributed by atoms with van der Waals surface area (Å²) < 4.78 is 5.70. The summed E-state index contributed by atoms with van der Waals surface area (Å²) in [4.78, 5) is 15.6. The van der Waals surface area contributed by atoms with Gasteiger partial charge in [0.1, 0.15) is 0 Å². The predicted octanol–water partition coefficient (Wildman–Crippen LogP) is 3.71. The van der Waals surface area contributed by atoms with E-state index in [4.69, 9.17) is 4.74 Å². The van der Waals surface area contributed by atoms with Gasteiger partial charge in [-0.25, -0.2) is 0 Å². The van der Waals surface area contributed by atoms with Crippen molar-refractivity contribution in [2.24, 2.45) is 0 Å². The van der Waals surface area contributed by atoms with Gasteiger partial charge >= 0.3 is 0 Å². The van der Waals surface area contributed by atoms with Crippen molar-refractivity contribution in [3.8, 4) is 0 Å². The molecule has 3 heterocycles. The van der Waals surface area contributed by atoms with Crippen LogP contribution in [0.1, 0.15) is 43.4 Å². The van der Waals surface area contributed by atoms with E-state index in [0.717, 1.165) is 39.0 Å². The summed E-state index contributed by atoms with van der Waals surface area (Å²) in [6.07, 6.45) is 8.56. The molecule has 3 nitrogen and oxygen atoms in total. The lowest BCUT2D eigenvalue weighted by Gasteiger charge is -2.28. The molecule has 2 aliphatic heterocycles. The van der Waals surface area contributed by atoms with Crippen LogP contribution in [-0.2, 0) is 9.53 Å². The molecule has 1 atom stereocenters. The van der Waals surface area contributed by atoms with E-state index in [1.807, 2.05) is 4.90 Å². The monoisotopic (exact) mass is 305 g/mol. The zero-order valence-electron chi connectivity index (χ0n) is 12.4. The molecule has 2 aliphatic rings. The van der Waals surface area contributed by atoms with Crippen LogP contribution in [0.4, 0.5) is 0 Å². The van der Waals surface area contributed by atoms with Crippen molar-refractivity contribution in [1.82, 2.24) is 4.90 Å². The average molecular weight is 305 g/mol. The standard InChI is InChI=1S/C17H23NO2S/c19-17(7-6-15-4-1-2-12-20-15)18-10-8-14(9-11-18)16-5-3-13-21-16/h3,5,8,13,15H,1-2,4,6-7,9-12H2. The smallest absolute Gasteiger partial charge is 0.222 e. The normalized spacial score (nSPS) is 23.0. The molecule has 1 aromatic rings. The second-order valence-electron chi connectivity index (χ2n) is 5.82. The van der Waals surface area contributed by atoms with Crippen LogP contribution in [-0.4, -0.2) is 36.6 Å². The minimum atomic E-state index is 0.283. The number of carbonyl (C=O) groups is 1. The Morgan fingerprint density at radius 2 is 2.38 bits per heavy atom. The molecule has 0 N–H and O–H groups in total. The van der Waals surface area contributed by atoms with E-state index < -0.39 is 0 Å². The summed E-state index contributed by atoms with van der Waals surface area (Å²) >= 11 is 1.78. The Hall–Kier alpha value is -1.13. The van der Waals surface area contributed by atoms with E-state index in [1.54, 1.807) is 11.3 Å². The summed E-state index contributed by atoms with van der Waals surface area (Å²) in [7, 11) is 0. The topological polar surface area (TPSA) is 29.5 Å². The number of carbonyl (C=O) groups excluding carboxylic acids is 1. The van der Waals surface area contributed by atoms with Crippen LogP contribution >= 0.6 is 11.3 Å². The van der Waals surface area contributed by atoms with E-state index in [-0.39, 0.29) is 5.91 Å². The Bertz CT molecular complexity index is 489. The Morgan fingerprint density at radius 3 is 3.05 bits per heavy atom. The third kappa shape index (κ3) is 3.95. The van der Waals surface area contributed by atoms with Gasteiger partial charge in [0, 0.05) is 31.0 Å². The average Bonchev–Trinajstić information content (AvgIpc) is 3.08. The van der Waals surface area contributed by atoms with Gasteiger partial charge in [-0.1, -0.05) is 12.1 Å². The first-order valence-electron chi connectivity index (χ1n) is 7.95. The fraction of sp³-hybridized carbons (Fsp3) is 0.588. The van der Waals surface area contributed by atoms with Gasteiger partial charge in [-0.3, -0.25) is 4.79 Å². The Morgan fingerprint density at radius 1 is 1.43 bits per heavy atom. The van der Waals surface area contributed by atoms with Crippen LogP contribution in [0.3, 0.4) is 0 Å². The number of nitrogens with zero attached hydrogens (tertiary/aromatic N) is 1. The van der Waals surface area contributed by atoms with Gasteiger partial charge in [0.2, 0.25) is 5.91 Å². The summed E-state index contributed by atoms with van der Waals surface area (Å²) in [6.45, 7) is 2.49. The van der Waals surface area contributed by atoms with E-state index in [0.29, 0.717) is 12.5 Å². The van der Waals surface area contributed by atoms with Crippen LogP contribution in [0.25, 0.3) is 5.57 Å². The van der Waals surface area contributed by atoms with E-state index in [2.05, 4.69) is 23.6 Å². The van der Waals surface area contributed by atoms with E-state index >= 15 is 0 Å². The molecule has 3 rings (SSSR count). The van der Waals surface area contributed by atoms with Crippen molar-refractivity contribution >= 4 is 22.8 Å². The molecule has 1 fully saturated rings. The molecule has 114 valence electrons. The second kappa shape index (κ2) is 7.23. The SMILES string of the molecule is O=C(CCC1CCCCO1)N1CC=C(c2cccs2)CC1. The first kappa shape index (κ1) is 14.8. The van der Waals surface area contributed by atoms with Crippen LogP contribution in [0.5, 0.6) is 0 Å². The summed E-state index contributed by atoms with van der Waals surface area (Å²) in [6, 6.07) is 4.25. The molecule has 4 heteroatoms. The van der Waals surface area contributed by atoms with Crippen LogP contribution < -0.4 is 0 Å². The van der Waals surface area contributed by atoms with Crippen LogP contribution in [0.15, 0.2) is 23.6 Å². The highest BCUT2D eigenvalue weighted by atomic mass is 32.1. The Balaban J connectivity index is 1.46. The van der Waals surface area contributed by atoms with Gasteiger partial charge in [-0.2, -0.15) is 0 Å². The molecular weight excluding hydrogens is 282 g/mol. The Labute approximate surface area is 130 Å². The van der Waals surface area contributed by atoms with Crippen molar-refractivity contribution < 1.29 is 9.53 Å². The third-order valence-corrected chi connectivity index (χ3v) is 5.30. The lowest BCUT2D eigenvalue weighted by atomic mass is 10.0. The third-order valence-electron chi connectivity index (χ3n) is 4.35. The number of rotatable bonds is 4. The number of hydrogen-bond acceptors (Lipinski definition) is 3. The van der Waals surface area contributed by atoms with Gasteiger partial charge < -0.3 is 9.64 Å². The summed E-state index contributed by atoms with van der Waals surface area (Å²) in [5.74, 6) is 0.283. The highest BCUT2D eigenvalue weighted by Crippen LogP contribution is 2.26. The van der Waals surface area contributed by atoms with Gasteiger partial charge in [0.15, 0.2) is 0 Å². The number of thiophene rings is 1. The molecule has 0 bridgehead atoms. The fourth-order valence-electron chi connectivity index (χ4n) is 3.06. The molecule has 0 aliphatic carbocycles. The first-order valence-corrected chi connectivity index (χ1v) is 8.83. The van der Waals surface area contributed by atoms with Crippen molar-refractivity contribution in [2.75, 3.05) is 19.7 Å². The molecule has 1 saturated heterocycles. The number of hydrogen-bond donors (Lipinski definition) is 0. The minimum absolute atomic E-state index is 0.283. The Kier molecular flexibility index (Phi) is 5.09. The van der Waals surface area contributed by atoms with Crippen molar-refractivity contribution in [3.05, 3.63) is 28.5 Å². The van der Waals surface area contributed by atoms with Crippen LogP contribution in [0.2, 0.25) is 0 Å². The van der Waals surface area contributed by atoms with Gasteiger partial charge in [0.05, 0.1) is 6.10 Å². The molecule has 0 radical (unpaired) electrons. The van der Waals surface area contributed by atoms with E-state index in [1.165, 1.54) is 23.3 Å². The van der Waals surface area contributed by atoms with Gasteiger partial charge in [-0.15, -0.1) is 11.3 Å². The number of amides is 1. The predicted molar refractivity (Wildman–Crippen MR) is 86.3 cm³/mol. The maximum absolute atomic E-state index is 12.3. The lowest BCUT2D eigenvalue weighted by Crippen LogP contribution is -2.35. The van der Waals surface area contributed by atoms with Crippen molar-refractivity contribution in [1.29, 1.82) is 0 Å². The second-order valence-corrected chi connectivity index (χ2v) is 6.77. The maximum Gasteiger partial charge on any atom is 0.222 e. The fourth-order valence-corrected chi connectivity index (χ4v) is 3.86. The zero-order valence-corrected chi connectivity index (χ0v) is 13.2. The zero-order chi connectivity index (χ0) is 14.5. The highest BCUT2D eigenvalue weighted by molar-refractivity contribution is 7.11. The molecule has 1 aromatic heterocycles. The highest BCUT2D eigenvalue weighted by Gasteiger charge is 2.20. The lowest BCUT2D eigenvalue weighted by molar-refractivity contribution is -0.131. The van der Waals surface area contributed by atoms with Gasteiger partial charge in [-0.05, 0) is 49.1 Å². The minimum Gasteiger partial charge on any atom is -0.378 e.